The van der Waals surface area contributed by atoms with Gasteiger partial charge in [0.05, 0.1) is 11.0 Å². The van der Waals surface area contributed by atoms with Crippen LogP contribution in [0, 0.1) is 11.3 Å². The molecule has 8 nitrogen and oxygen atoms in total. The minimum Gasteiger partial charge on any atom is -0.381 e. The number of nitrogens with one attached hydrogen (secondary N) is 1. The quantitative estimate of drug-likeness (QED) is 0.798. The Hall–Kier alpha value is -2.61. The van der Waals surface area contributed by atoms with Crippen molar-refractivity contribution in [2.24, 2.45) is 17.1 Å². The van der Waals surface area contributed by atoms with Gasteiger partial charge in [0.2, 0.25) is 5.91 Å². The second-order valence-corrected chi connectivity index (χ2v) is 8.75. The molecule has 0 unspecified atom stereocenters. The number of aromatic nitrogens is 2. The van der Waals surface area contributed by atoms with Crippen molar-refractivity contribution in [1.29, 1.82) is 0 Å². The molecule has 1 fully saturated rings. The van der Waals surface area contributed by atoms with Crippen LogP contribution in [-0.2, 0) is 16.1 Å². The molecule has 3 N–H and O–H groups in total. The van der Waals surface area contributed by atoms with Crippen molar-refractivity contribution in [3.8, 4) is 0 Å². The lowest BCUT2D eigenvalue weighted by molar-refractivity contribution is -0.122. The van der Waals surface area contributed by atoms with E-state index in [1.807, 2.05) is 32.9 Å². The number of hydrogen-bond acceptors (Lipinski definition) is 4. The third-order valence-electron chi connectivity index (χ3n) is 5.56. The molecule has 1 aliphatic rings. The van der Waals surface area contributed by atoms with Crippen molar-refractivity contribution in [2.75, 3.05) is 13.2 Å². The van der Waals surface area contributed by atoms with Crippen LogP contribution in [0.4, 0.5) is 4.79 Å². The Balaban J connectivity index is 1.91. The number of nitrogens with two attached hydrogens (primary N) is 1. The van der Waals surface area contributed by atoms with Gasteiger partial charge in [0.1, 0.15) is 6.04 Å². The van der Waals surface area contributed by atoms with Crippen molar-refractivity contribution in [2.45, 2.75) is 52.6 Å². The molecule has 1 saturated heterocycles. The highest BCUT2D eigenvalue weighted by Crippen LogP contribution is 2.22. The molecule has 2 heterocycles. The summed E-state index contributed by atoms with van der Waals surface area (Å²) in [5, 5.41) is 2.64. The molecule has 0 aliphatic carbocycles. The van der Waals surface area contributed by atoms with Crippen molar-refractivity contribution in [1.82, 2.24) is 14.5 Å². The standard InChI is InChI=1S/C21H30N4O4/c1-21(2,3)17(18(22)26)23-19(27)25-16-7-5-4-6-15(16)24(20(25)28)11-8-14-9-12-29-13-10-14/h4-7,14,17H,8-13H2,1-3H3,(H2,22,26)(H,23,27)/t17-/m1/s1. The molecule has 29 heavy (non-hydrogen) atoms. The second kappa shape index (κ2) is 8.41. The average molecular weight is 402 g/mol. The zero-order valence-electron chi connectivity index (χ0n) is 17.3. The average Bonchev–Trinajstić information content (AvgIpc) is 2.95. The summed E-state index contributed by atoms with van der Waals surface area (Å²) < 4.78 is 8.14. The Morgan fingerprint density at radius 1 is 1.21 bits per heavy atom. The number of imidazole rings is 1. The highest BCUT2D eigenvalue weighted by atomic mass is 16.5. The Kier molecular flexibility index (Phi) is 6.12. The number of carbonyl (C=O) groups is 2. The van der Waals surface area contributed by atoms with Gasteiger partial charge in [-0.1, -0.05) is 32.9 Å². The maximum Gasteiger partial charge on any atom is 0.337 e. The van der Waals surface area contributed by atoms with Gasteiger partial charge in [0.25, 0.3) is 0 Å². The molecule has 1 atom stereocenters. The lowest BCUT2D eigenvalue weighted by Gasteiger charge is -2.28. The Labute approximate surface area is 170 Å². The molecule has 158 valence electrons. The van der Waals surface area contributed by atoms with Crippen molar-refractivity contribution < 1.29 is 14.3 Å². The van der Waals surface area contributed by atoms with E-state index in [0.29, 0.717) is 23.5 Å². The first-order chi connectivity index (χ1) is 13.7. The van der Waals surface area contributed by atoms with Crippen molar-refractivity contribution in [3.05, 3.63) is 34.7 Å². The van der Waals surface area contributed by atoms with E-state index >= 15 is 0 Å². The van der Waals surface area contributed by atoms with Crippen LogP contribution in [0.3, 0.4) is 0 Å². The van der Waals surface area contributed by atoms with E-state index in [4.69, 9.17) is 10.5 Å². The van der Waals surface area contributed by atoms with Gasteiger partial charge >= 0.3 is 11.7 Å². The number of aryl methyl sites for hydroxylation is 1. The van der Waals surface area contributed by atoms with Gasteiger partial charge in [-0.05, 0) is 42.7 Å². The fourth-order valence-corrected chi connectivity index (χ4v) is 3.87. The highest BCUT2D eigenvalue weighted by molar-refractivity contribution is 5.92. The molecular weight excluding hydrogens is 372 g/mol. The van der Waals surface area contributed by atoms with Crippen LogP contribution in [0.1, 0.15) is 40.0 Å². The molecule has 0 bridgehead atoms. The molecule has 3 rings (SSSR count). The van der Waals surface area contributed by atoms with Crippen LogP contribution in [0.25, 0.3) is 11.0 Å². The molecule has 1 aliphatic heterocycles. The van der Waals surface area contributed by atoms with Crippen LogP contribution < -0.4 is 16.7 Å². The first kappa shape index (κ1) is 21.1. The van der Waals surface area contributed by atoms with Crippen LogP contribution in [-0.4, -0.2) is 40.3 Å². The summed E-state index contributed by atoms with van der Waals surface area (Å²) in [6, 6.07) is 5.65. The fourth-order valence-electron chi connectivity index (χ4n) is 3.87. The Morgan fingerprint density at radius 2 is 1.83 bits per heavy atom. The van der Waals surface area contributed by atoms with Gasteiger partial charge in [-0.3, -0.25) is 9.36 Å². The largest absolute Gasteiger partial charge is 0.381 e. The molecule has 0 spiro atoms. The lowest BCUT2D eigenvalue weighted by atomic mass is 9.86. The Bertz CT molecular complexity index is 948. The van der Waals surface area contributed by atoms with Gasteiger partial charge in [0, 0.05) is 19.8 Å². The Morgan fingerprint density at radius 3 is 2.41 bits per heavy atom. The van der Waals surface area contributed by atoms with Gasteiger partial charge in [-0.25, -0.2) is 14.2 Å². The summed E-state index contributed by atoms with van der Waals surface area (Å²) in [4.78, 5) is 38.0. The van der Waals surface area contributed by atoms with E-state index in [1.54, 1.807) is 16.7 Å². The molecule has 2 amide bonds. The van der Waals surface area contributed by atoms with Gasteiger partial charge < -0.3 is 15.8 Å². The summed E-state index contributed by atoms with van der Waals surface area (Å²) >= 11 is 0. The minimum absolute atomic E-state index is 0.409. The number of hydrogen-bond donors (Lipinski definition) is 2. The molecule has 0 saturated carbocycles. The van der Waals surface area contributed by atoms with E-state index < -0.39 is 29.1 Å². The highest BCUT2D eigenvalue weighted by Gasteiger charge is 2.32. The number of primary amides is 1. The van der Waals surface area contributed by atoms with Crippen LogP contribution in [0.2, 0.25) is 0 Å². The number of nitrogens with zero attached hydrogens (tertiary/aromatic N) is 2. The molecular formula is C21H30N4O4. The summed E-state index contributed by atoms with van der Waals surface area (Å²) in [6.07, 6.45) is 2.82. The normalized spacial score (nSPS) is 16.7. The number of rotatable bonds is 5. The first-order valence-electron chi connectivity index (χ1n) is 10.1. The third kappa shape index (κ3) is 4.53. The first-order valence-corrected chi connectivity index (χ1v) is 10.1. The minimum atomic E-state index is -0.897. The van der Waals surface area contributed by atoms with Gasteiger partial charge in [-0.2, -0.15) is 0 Å². The number of carbonyl (C=O) groups excluding carboxylic acids is 2. The second-order valence-electron chi connectivity index (χ2n) is 8.75. The fraction of sp³-hybridized carbons (Fsp3) is 0.571. The maximum absolute atomic E-state index is 13.1. The summed E-state index contributed by atoms with van der Waals surface area (Å²) in [5.41, 5.74) is 5.71. The monoisotopic (exact) mass is 402 g/mol. The van der Waals surface area contributed by atoms with E-state index in [1.165, 1.54) is 0 Å². The van der Waals surface area contributed by atoms with E-state index in [9.17, 15) is 14.4 Å². The summed E-state index contributed by atoms with van der Waals surface area (Å²) in [7, 11) is 0. The number of amides is 2. The smallest absolute Gasteiger partial charge is 0.337 e. The third-order valence-corrected chi connectivity index (χ3v) is 5.56. The maximum atomic E-state index is 13.1. The summed E-state index contributed by atoms with van der Waals surface area (Å²) in [5.74, 6) is -0.131. The molecule has 1 aromatic heterocycles. The molecule has 0 radical (unpaired) electrons. The van der Waals surface area contributed by atoms with E-state index in [-0.39, 0.29) is 0 Å². The molecule has 2 aromatic rings. The predicted molar refractivity (Wildman–Crippen MR) is 111 cm³/mol. The zero-order chi connectivity index (χ0) is 21.2. The van der Waals surface area contributed by atoms with Crippen molar-refractivity contribution >= 4 is 23.0 Å². The summed E-state index contributed by atoms with van der Waals surface area (Å²) in [6.45, 7) is 7.47. The van der Waals surface area contributed by atoms with Crippen molar-refractivity contribution in [3.63, 3.8) is 0 Å². The molecule has 8 heteroatoms. The molecule has 1 aromatic carbocycles. The van der Waals surface area contributed by atoms with Gasteiger partial charge in [0.15, 0.2) is 0 Å². The van der Waals surface area contributed by atoms with Crippen LogP contribution >= 0.6 is 0 Å². The van der Waals surface area contributed by atoms with Crippen LogP contribution in [0.15, 0.2) is 29.1 Å². The van der Waals surface area contributed by atoms with Crippen LogP contribution in [0.5, 0.6) is 0 Å². The number of benzene rings is 1. The number of ether oxygens (including phenoxy) is 1. The SMILES string of the molecule is CC(C)(C)[C@H](NC(=O)n1c(=O)n(CCC2CCOCC2)c2ccccc21)C(N)=O. The topological polar surface area (TPSA) is 108 Å². The number of fused-ring (bicyclic) bond motifs is 1. The predicted octanol–water partition coefficient (Wildman–Crippen LogP) is 2.08. The van der Waals surface area contributed by atoms with Gasteiger partial charge in [-0.15, -0.1) is 0 Å². The zero-order valence-corrected chi connectivity index (χ0v) is 17.3. The lowest BCUT2D eigenvalue weighted by Crippen LogP contribution is -2.54. The van der Waals surface area contributed by atoms with E-state index in [0.717, 1.165) is 37.0 Å². The number of para-hydroxylation sites is 2. The van der Waals surface area contributed by atoms with E-state index in [2.05, 4.69) is 5.32 Å².